The SMILES string of the molecule is Cc1cc(O)ccc1CCC(O)CO. The van der Waals surface area contributed by atoms with Gasteiger partial charge in [-0.15, -0.1) is 0 Å². The summed E-state index contributed by atoms with van der Waals surface area (Å²) in [6, 6.07) is 5.17. The molecule has 3 nitrogen and oxygen atoms in total. The predicted molar refractivity (Wildman–Crippen MR) is 54.3 cm³/mol. The molecule has 0 aliphatic carbocycles. The van der Waals surface area contributed by atoms with Crippen molar-refractivity contribution in [1.29, 1.82) is 0 Å². The molecule has 3 N–H and O–H groups in total. The fraction of sp³-hybridized carbons (Fsp3) is 0.455. The van der Waals surface area contributed by atoms with Crippen molar-refractivity contribution in [2.75, 3.05) is 6.61 Å². The maximum atomic E-state index is 9.17. The molecule has 1 rings (SSSR count). The van der Waals surface area contributed by atoms with Crippen LogP contribution in [0.1, 0.15) is 17.5 Å². The number of aliphatic hydroxyl groups is 2. The fourth-order valence-corrected chi connectivity index (χ4v) is 1.37. The fourth-order valence-electron chi connectivity index (χ4n) is 1.37. The highest BCUT2D eigenvalue weighted by Crippen LogP contribution is 2.17. The first-order chi connectivity index (χ1) is 6.63. The molecule has 1 unspecified atom stereocenters. The number of aliphatic hydroxyl groups excluding tert-OH is 2. The maximum absolute atomic E-state index is 9.17. The van der Waals surface area contributed by atoms with Gasteiger partial charge >= 0.3 is 0 Å². The van der Waals surface area contributed by atoms with E-state index < -0.39 is 6.10 Å². The van der Waals surface area contributed by atoms with Crippen molar-refractivity contribution in [3.63, 3.8) is 0 Å². The number of phenols is 1. The third-order valence-electron chi connectivity index (χ3n) is 2.28. The summed E-state index contributed by atoms with van der Waals surface area (Å²) in [5.41, 5.74) is 2.10. The Labute approximate surface area is 83.6 Å². The number of hydrogen-bond donors (Lipinski definition) is 3. The lowest BCUT2D eigenvalue weighted by Crippen LogP contribution is -2.12. The first kappa shape index (κ1) is 11.0. The van der Waals surface area contributed by atoms with E-state index in [1.54, 1.807) is 12.1 Å². The number of hydrogen-bond acceptors (Lipinski definition) is 3. The highest BCUT2D eigenvalue weighted by Gasteiger charge is 2.04. The highest BCUT2D eigenvalue weighted by molar-refractivity contribution is 5.33. The van der Waals surface area contributed by atoms with E-state index in [0.717, 1.165) is 11.1 Å². The minimum Gasteiger partial charge on any atom is -0.508 e. The summed E-state index contributed by atoms with van der Waals surface area (Å²) in [7, 11) is 0. The number of aryl methyl sites for hydroxylation is 2. The first-order valence-electron chi connectivity index (χ1n) is 4.71. The Morgan fingerprint density at radius 2 is 2.07 bits per heavy atom. The largest absolute Gasteiger partial charge is 0.508 e. The summed E-state index contributed by atoms with van der Waals surface area (Å²) < 4.78 is 0. The van der Waals surface area contributed by atoms with Crippen molar-refractivity contribution in [2.24, 2.45) is 0 Å². The molecule has 14 heavy (non-hydrogen) atoms. The molecule has 0 saturated carbocycles. The summed E-state index contributed by atoms with van der Waals surface area (Å²) in [5.74, 6) is 0.258. The molecule has 0 heterocycles. The zero-order valence-electron chi connectivity index (χ0n) is 8.27. The smallest absolute Gasteiger partial charge is 0.115 e. The van der Waals surface area contributed by atoms with Crippen molar-refractivity contribution in [3.05, 3.63) is 29.3 Å². The summed E-state index contributed by atoms with van der Waals surface area (Å²) >= 11 is 0. The lowest BCUT2D eigenvalue weighted by molar-refractivity contribution is 0.0885. The Morgan fingerprint density at radius 3 is 2.64 bits per heavy atom. The van der Waals surface area contributed by atoms with Crippen LogP contribution in [-0.4, -0.2) is 28.0 Å². The van der Waals surface area contributed by atoms with Crippen molar-refractivity contribution >= 4 is 0 Å². The lowest BCUT2D eigenvalue weighted by Gasteiger charge is -2.09. The topological polar surface area (TPSA) is 60.7 Å². The molecule has 78 valence electrons. The van der Waals surface area contributed by atoms with Crippen LogP contribution in [0, 0.1) is 6.92 Å². The van der Waals surface area contributed by atoms with Crippen LogP contribution < -0.4 is 0 Å². The third kappa shape index (κ3) is 3.01. The summed E-state index contributed by atoms with van der Waals surface area (Å²) in [5, 5.41) is 27.0. The van der Waals surface area contributed by atoms with Gasteiger partial charge in [0.25, 0.3) is 0 Å². The second-order valence-corrected chi connectivity index (χ2v) is 3.49. The molecule has 0 amide bonds. The van der Waals surface area contributed by atoms with Crippen molar-refractivity contribution < 1.29 is 15.3 Å². The van der Waals surface area contributed by atoms with Crippen LogP contribution >= 0.6 is 0 Å². The molecule has 0 fully saturated rings. The van der Waals surface area contributed by atoms with Crippen LogP contribution in [-0.2, 0) is 6.42 Å². The van der Waals surface area contributed by atoms with Crippen molar-refractivity contribution in [1.82, 2.24) is 0 Å². The van der Waals surface area contributed by atoms with E-state index in [4.69, 9.17) is 10.2 Å². The second-order valence-electron chi connectivity index (χ2n) is 3.49. The van der Waals surface area contributed by atoms with E-state index in [-0.39, 0.29) is 12.4 Å². The van der Waals surface area contributed by atoms with Gasteiger partial charge in [-0.25, -0.2) is 0 Å². The minimum atomic E-state index is -0.650. The standard InChI is InChI=1S/C11H16O3/c1-8-6-10(13)4-2-9(8)3-5-11(14)7-12/h2,4,6,11-14H,3,5,7H2,1H3. The highest BCUT2D eigenvalue weighted by atomic mass is 16.3. The second kappa shape index (κ2) is 4.98. The summed E-state index contributed by atoms with van der Waals surface area (Å²) in [6.45, 7) is 1.72. The quantitative estimate of drug-likeness (QED) is 0.673. The van der Waals surface area contributed by atoms with E-state index in [9.17, 15) is 5.11 Å². The van der Waals surface area contributed by atoms with Gasteiger partial charge in [0, 0.05) is 0 Å². The van der Waals surface area contributed by atoms with Crippen LogP contribution in [0.2, 0.25) is 0 Å². The molecule has 0 spiro atoms. The van der Waals surface area contributed by atoms with Gasteiger partial charge < -0.3 is 15.3 Å². The minimum absolute atomic E-state index is 0.197. The average molecular weight is 196 g/mol. The molecular formula is C11H16O3. The van der Waals surface area contributed by atoms with E-state index in [2.05, 4.69) is 0 Å². The van der Waals surface area contributed by atoms with Gasteiger partial charge in [0.1, 0.15) is 5.75 Å². The number of phenolic OH excluding ortho intramolecular Hbond substituents is 1. The first-order valence-corrected chi connectivity index (χ1v) is 4.71. The van der Waals surface area contributed by atoms with Gasteiger partial charge in [0.15, 0.2) is 0 Å². The normalized spacial score (nSPS) is 12.8. The van der Waals surface area contributed by atoms with Crippen LogP contribution in [0.15, 0.2) is 18.2 Å². The Morgan fingerprint density at radius 1 is 1.36 bits per heavy atom. The zero-order chi connectivity index (χ0) is 10.6. The molecular weight excluding hydrogens is 180 g/mol. The van der Waals surface area contributed by atoms with E-state index in [1.165, 1.54) is 0 Å². The Bertz CT molecular complexity index is 297. The number of rotatable bonds is 4. The molecule has 0 saturated heterocycles. The van der Waals surface area contributed by atoms with E-state index >= 15 is 0 Å². The Kier molecular flexibility index (Phi) is 3.92. The molecule has 0 aliphatic heterocycles. The van der Waals surface area contributed by atoms with Crippen LogP contribution in [0.3, 0.4) is 0 Å². The predicted octanol–water partition coefficient (Wildman–Crippen LogP) is 0.986. The lowest BCUT2D eigenvalue weighted by atomic mass is 10.0. The van der Waals surface area contributed by atoms with Gasteiger partial charge in [0.2, 0.25) is 0 Å². The monoisotopic (exact) mass is 196 g/mol. The molecule has 3 heteroatoms. The molecule has 1 atom stereocenters. The van der Waals surface area contributed by atoms with Crippen LogP contribution in [0.4, 0.5) is 0 Å². The van der Waals surface area contributed by atoms with E-state index in [0.29, 0.717) is 12.8 Å². The van der Waals surface area contributed by atoms with Crippen molar-refractivity contribution in [3.8, 4) is 5.75 Å². The maximum Gasteiger partial charge on any atom is 0.115 e. The average Bonchev–Trinajstić information content (AvgIpc) is 2.16. The molecule has 1 aromatic rings. The van der Waals surface area contributed by atoms with Gasteiger partial charge in [0.05, 0.1) is 12.7 Å². The molecule has 0 bridgehead atoms. The van der Waals surface area contributed by atoms with Crippen LogP contribution in [0.5, 0.6) is 5.75 Å². The Balaban J connectivity index is 2.59. The van der Waals surface area contributed by atoms with Crippen LogP contribution in [0.25, 0.3) is 0 Å². The number of aromatic hydroxyl groups is 1. The van der Waals surface area contributed by atoms with E-state index in [1.807, 2.05) is 13.0 Å². The molecule has 0 radical (unpaired) electrons. The zero-order valence-corrected chi connectivity index (χ0v) is 8.27. The van der Waals surface area contributed by atoms with Gasteiger partial charge in [-0.05, 0) is 43.0 Å². The Hall–Kier alpha value is -1.06. The summed E-state index contributed by atoms with van der Waals surface area (Å²) in [4.78, 5) is 0. The van der Waals surface area contributed by atoms with Gasteiger partial charge in [-0.3, -0.25) is 0 Å². The molecule has 0 aromatic heterocycles. The molecule has 0 aliphatic rings. The number of benzene rings is 1. The third-order valence-corrected chi connectivity index (χ3v) is 2.28. The van der Waals surface area contributed by atoms with Gasteiger partial charge in [-0.1, -0.05) is 6.07 Å². The summed E-state index contributed by atoms with van der Waals surface area (Å²) in [6.07, 6.45) is 0.610. The van der Waals surface area contributed by atoms with Crippen molar-refractivity contribution in [2.45, 2.75) is 25.9 Å². The molecule has 1 aromatic carbocycles. The van der Waals surface area contributed by atoms with Gasteiger partial charge in [-0.2, -0.15) is 0 Å².